The topological polar surface area (TPSA) is 52.0 Å². The largest absolute Gasteiger partial charge is 0.424 e. The monoisotopic (exact) mass is 136 g/mol. The molecule has 0 radical (unpaired) electrons. The van der Waals surface area contributed by atoms with Crippen molar-refractivity contribution < 1.29 is 4.42 Å². The van der Waals surface area contributed by atoms with E-state index in [0.717, 1.165) is 0 Å². The smallest absolute Gasteiger partial charge is 0.292 e. The summed E-state index contributed by atoms with van der Waals surface area (Å²) < 4.78 is 4.84. The Kier molecular flexibility index (Phi) is 1.58. The number of anilines is 1. The van der Waals surface area contributed by atoms with Crippen LogP contribution in [0.1, 0.15) is 0 Å². The molecule has 3 nitrogen and oxygen atoms in total. The summed E-state index contributed by atoms with van der Waals surface area (Å²) in [4.78, 5) is 3.82. The van der Waals surface area contributed by atoms with Gasteiger partial charge in [-0.05, 0) is 6.08 Å². The Balaban J connectivity index is 3.42. The van der Waals surface area contributed by atoms with Crippen LogP contribution in [0.25, 0.3) is 12.7 Å². The van der Waals surface area contributed by atoms with E-state index in [-0.39, 0.29) is 6.01 Å². The molecule has 0 unspecified atom stereocenters. The van der Waals surface area contributed by atoms with Crippen LogP contribution < -0.4 is 16.5 Å². The predicted molar refractivity (Wildman–Crippen MR) is 40.3 cm³/mol. The zero-order valence-electron chi connectivity index (χ0n) is 5.50. The fourth-order valence-electron chi connectivity index (χ4n) is 0.624. The molecule has 1 aromatic rings. The third-order valence-electron chi connectivity index (χ3n) is 1.02. The highest BCUT2D eigenvalue weighted by Gasteiger charge is 1.90. The van der Waals surface area contributed by atoms with Gasteiger partial charge in [0.25, 0.3) is 6.01 Å². The van der Waals surface area contributed by atoms with Crippen LogP contribution in [0.5, 0.6) is 0 Å². The van der Waals surface area contributed by atoms with Gasteiger partial charge in [-0.1, -0.05) is 19.2 Å². The Morgan fingerprint density at radius 2 is 2.30 bits per heavy atom. The summed E-state index contributed by atoms with van der Waals surface area (Å²) in [5.41, 5.74) is 5.71. The number of hydrogen-bond donors (Lipinski definition) is 1. The zero-order chi connectivity index (χ0) is 7.56. The lowest BCUT2D eigenvalue weighted by molar-refractivity contribution is 0.547. The molecule has 0 saturated heterocycles. The van der Waals surface area contributed by atoms with Crippen LogP contribution in [-0.4, -0.2) is 4.98 Å². The minimum absolute atomic E-state index is 0.137. The van der Waals surface area contributed by atoms with Crippen molar-refractivity contribution in [3.8, 4) is 0 Å². The number of hydrogen-bond acceptors (Lipinski definition) is 3. The van der Waals surface area contributed by atoms with Crippen LogP contribution in [0, 0.1) is 0 Å². The van der Waals surface area contributed by atoms with Gasteiger partial charge in [-0.25, -0.2) is 0 Å². The summed E-state index contributed by atoms with van der Waals surface area (Å²) in [5, 5.41) is 0.632. The Morgan fingerprint density at radius 3 is 2.70 bits per heavy atom. The first-order chi connectivity index (χ1) is 4.74. The molecule has 0 bridgehead atoms. The molecule has 0 fully saturated rings. The Morgan fingerprint density at radius 1 is 1.60 bits per heavy atom. The molecule has 0 aliphatic rings. The van der Waals surface area contributed by atoms with Gasteiger partial charge < -0.3 is 10.2 Å². The van der Waals surface area contributed by atoms with Crippen molar-refractivity contribution in [1.29, 1.82) is 0 Å². The maximum absolute atomic E-state index is 5.24. The number of nitrogen functional groups attached to an aromatic ring is 1. The van der Waals surface area contributed by atoms with Gasteiger partial charge >= 0.3 is 0 Å². The van der Waals surface area contributed by atoms with E-state index in [1.807, 2.05) is 0 Å². The quantitative estimate of drug-likeness (QED) is 0.573. The molecule has 2 N–H and O–H groups in total. The van der Waals surface area contributed by atoms with E-state index in [1.54, 1.807) is 12.2 Å². The van der Waals surface area contributed by atoms with Gasteiger partial charge in [-0.15, -0.1) is 0 Å². The number of aromatic nitrogens is 1. The van der Waals surface area contributed by atoms with E-state index in [9.17, 15) is 0 Å². The number of allylic oxidation sites excluding steroid dienone is 1. The minimum Gasteiger partial charge on any atom is -0.424 e. The Labute approximate surface area is 58.2 Å². The standard InChI is InChI=1S/C7H8N2O/c1-3-4-6-5(2)10-7(8)9-6/h3-4H,1-2H2,(H2,8,9)/b6-4+. The summed E-state index contributed by atoms with van der Waals surface area (Å²) in [6, 6.07) is 0.137. The van der Waals surface area contributed by atoms with E-state index in [1.165, 1.54) is 0 Å². The van der Waals surface area contributed by atoms with Gasteiger partial charge in [-0.3, -0.25) is 0 Å². The molecule has 10 heavy (non-hydrogen) atoms. The van der Waals surface area contributed by atoms with Gasteiger partial charge in [0.05, 0.1) is 0 Å². The summed E-state index contributed by atoms with van der Waals surface area (Å²) in [6.07, 6.45) is 3.29. The zero-order valence-corrected chi connectivity index (χ0v) is 5.50. The summed E-state index contributed by atoms with van der Waals surface area (Å²) in [5.74, 6) is 0. The predicted octanol–water partition coefficient (Wildman–Crippen LogP) is -0.366. The normalized spacial score (nSPS) is 11.8. The molecule has 52 valence electrons. The summed E-state index contributed by atoms with van der Waals surface area (Å²) in [7, 11) is 0. The van der Waals surface area contributed by atoms with Gasteiger partial charge in [-0.2, -0.15) is 4.98 Å². The summed E-state index contributed by atoms with van der Waals surface area (Å²) >= 11 is 0. The Hall–Kier alpha value is -1.51. The third kappa shape index (κ3) is 1.07. The molecule has 0 aliphatic carbocycles. The maximum atomic E-state index is 5.24. The molecular formula is C7H8N2O. The van der Waals surface area contributed by atoms with Crippen molar-refractivity contribution in [2.45, 2.75) is 0 Å². The molecule has 0 spiro atoms. The molecule has 1 aromatic heterocycles. The third-order valence-corrected chi connectivity index (χ3v) is 1.02. The average Bonchev–Trinajstić information content (AvgIpc) is 2.13. The fourth-order valence-corrected chi connectivity index (χ4v) is 0.624. The average molecular weight is 136 g/mol. The number of rotatable bonds is 1. The van der Waals surface area contributed by atoms with E-state index in [0.29, 0.717) is 10.8 Å². The molecule has 0 saturated carbocycles. The van der Waals surface area contributed by atoms with Crippen LogP contribution in [0.4, 0.5) is 6.01 Å². The number of nitrogens with two attached hydrogens (primary N) is 1. The second-order valence-corrected chi connectivity index (χ2v) is 1.76. The van der Waals surface area contributed by atoms with Gasteiger partial charge in [0.2, 0.25) is 0 Å². The lowest BCUT2D eigenvalue weighted by Gasteiger charge is -1.69. The van der Waals surface area contributed by atoms with Crippen molar-refractivity contribution in [2.24, 2.45) is 0 Å². The molecule has 0 amide bonds. The molecule has 0 atom stereocenters. The molecule has 0 aromatic carbocycles. The van der Waals surface area contributed by atoms with E-state index < -0.39 is 0 Å². The van der Waals surface area contributed by atoms with E-state index in [4.69, 9.17) is 10.2 Å². The first kappa shape index (κ1) is 6.61. The molecule has 0 aliphatic heterocycles. The highest BCUT2D eigenvalue weighted by atomic mass is 16.4. The van der Waals surface area contributed by atoms with Crippen LogP contribution in [0.3, 0.4) is 0 Å². The van der Waals surface area contributed by atoms with Crippen molar-refractivity contribution in [2.75, 3.05) is 5.73 Å². The van der Waals surface area contributed by atoms with E-state index >= 15 is 0 Å². The fraction of sp³-hybridized carbons (Fsp3) is 0. The van der Waals surface area contributed by atoms with Gasteiger partial charge in [0.1, 0.15) is 10.8 Å². The van der Waals surface area contributed by atoms with Crippen LogP contribution in [-0.2, 0) is 0 Å². The molecule has 1 rings (SSSR count). The SMILES string of the molecule is C=C/C=c1/nc(N)oc1=C. The van der Waals surface area contributed by atoms with Gasteiger partial charge in [0.15, 0.2) is 0 Å². The van der Waals surface area contributed by atoms with Crippen LogP contribution in [0.15, 0.2) is 17.1 Å². The highest BCUT2D eigenvalue weighted by molar-refractivity contribution is 5.33. The van der Waals surface area contributed by atoms with Crippen LogP contribution in [0.2, 0.25) is 0 Å². The van der Waals surface area contributed by atoms with Crippen molar-refractivity contribution in [3.05, 3.63) is 23.4 Å². The lowest BCUT2D eigenvalue weighted by atomic mass is 10.5. The van der Waals surface area contributed by atoms with Gasteiger partial charge in [0, 0.05) is 0 Å². The lowest BCUT2D eigenvalue weighted by Crippen LogP contribution is -2.19. The number of oxazole rings is 1. The molecular weight excluding hydrogens is 128 g/mol. The summed E-state index contributed by atoms with van der Waals surface area (Å²) in [6.45, 7) is 7.07. The highest BCUT2D eigenvalue weighted by Crippen LogP contribution is 1.81. The van der Waals surface area contributed by atoms with Crippen molar-refractivity contribution in [3.63, 3.8) is 0 Å². The van der Waals surface area contributed by atoms with Crippen LogP contribution >= 0.6 is 0 Å². The second kappa shape index (κ2) is 2.39. The first-order valence-corrected chi connectivity index (χ1v) is 2.78. The maximum Gasteiger partial charge on any atom is 0.292 e. The molecule has 1 heterocycles. The first-order valence-electron chi connectivity index (χ1n) is 2.78. The second-order valence-electron chi connectivity index (χ2n) is 1.76. The Bertz CT molecular complexity index is 337. The number of nitrogens with zero attached hydrogens (tertiary/aromatic N) is 1. The minimum atomic E-state index is 0.137. The molecule has 3 heteroatoms. The van der Waals surface area contributed by atoms with E-state index in [2.05, 4.69) is 18.1 Å². The van der Waals surface area contributed by atoms with Crippen molar-refractivity contribution in [1.82, 2.24) is 4.98 Å². The van der Waals surface area contributed by atoms with Crippen molar-refractivity contribution >= 4 is 18.7 Å².